The van der Waals surface area contributed by atoms with Gasteiger partial charge in [0.05, 0.1) is 17.3 Å². The van der Waals surface area contributed by atoms with E-state index in [4.69, 9.17) is 5.11 Å². The summed E-state index contributed by atoms with van der Waals surface area (Å²) in [5, 5.41) is 15.6. The number of rotatable bonds is 9. The molecule has 0 radical (unpaired) electrons. The molecule has 118 valence electrons. The number of unbranched alkanes of at least 4 members (excludes halogenated alkanes) is 4. The molecule has 0 unspecified atom stereocenters. The van der Waals surface area contributed by atoms with E-state index in [1.807, 2.05) is 24.4 Å². The third kappa shape index (κ3) is 4.58. The Labute approximate surface area is 129 Å². The number of hydrogen-bond acceptors (Lipinski definition) is 3. The van der Waals surface area contributed by atoms with E-state index in [9.17, 15) is 9.59 Å². The number of nitrogens with one attached hydrogen (secondary N) is 1. The quantitative estimate of drug-likeness (QED) is 0.697. The summed E-state index contributed by atoms with van der Waals surface area (Å²) in [6.07, 6.45) is 8.18. The summed E-state index contributed by atoms with van der Waals surface area (Å²) in [6, 6.07) is 5.61. The fourth-order valence-corrected chi connectivity index (χ4v) is 2.34. The maximum absolute atomic E-state index is 12.1. The first-order chi connectivity index (χ1) is 10.7. The molecule has 0 saturated heterocycles. The molecule has 0 aliphatic carbocycles. The third-order valence-corrected chi connectivity index (χ3v) is 3.52. The molecule has 0 aromatic carbocycles. The summed E-state index contributed by atoms with van der Waals surface area (Å²) in [6.45, 7) is 0.627. The summed E-state index contributed by atoms with van der Waals surface area (Å²) in [5.74, 6) is -0.840. The zero-order valence-electron chi connectivity index (χ0n) is 12.5. The number of carbonyl (C=O) groups is 2. The van der Waals surface area contributed by atoms with Crippen molar-refractivity contribution in [3.05, 3.63) is 36.2 Å². The molecule has 0 bridgehead atoms. The van der Waals surface area contributed by atoms with Crippen molar-refractivity contribution in [1.82, 2.24) is 14.9 Å². The second-order valence-corrected chi connectivity index (χ2v) is 5.26. The van der Waals surface area contributed by atoms with Gasteiger partial charge in [0, 0.05) is 19.2 Å². The van der Waals surface area contributed by atoms with Gasteiger partial charge in [-0.25, -0.2) is 4.52 Å². The van der Waals surface area contributed by atoms with Crippen LogP contribution in [0.5, 0.6) is 0 Å². The van der Waals surface area contributed by atoms with Crippen LogP contribution < -0.4 is 5.32 Å². The molecule has 2 aromatic rings. The number of carbonyl (C=O) groups excluding carboxylic acids is 1. The smallest absolute Gasteiger partial charge is 0.303 e. The highest BCUT2D eigenvalue weighted by Crippen LogP contribution is 2.10. The molecule has 0 aliphatic rings. The number of nitrogens with zero attached hydrogens (tertiary/aromatic N) is 2. The van der Waals surface area contributed by atoms with Gasteiger partial charge < -0.3 is 10.4 Å². The average molecular weight is 303 g/mol. The summed E-state index contributed by atoms with van der Waals surface area (Å²) in [4.78, 5) is 22.5. The minimum atomic E-state index is -0.735. The van der Waals surface area contributed by atoms with Gasteiger partial charge in [0.1, 0.15) is 0 Å². The number of aliphatic carboxylic acids is 1. The molecule has 2 heterocycles. The van der Waals surface area contributed by atoms with Crippen molar-refractivity contribution < 1.29 is 14.7 Å². The molecule has 0 saturated carbocycles. The van der Waals surface area contributed by atoms with Crippen molar-refractivity contribution in [3.8, 4) is 0 Å². The average Bonchev–Trinajstić information content (AvgIpc) is 2.93. The Bertz CT molecular complexity index is 636. The van der Waals surface area contributed by atoms with E-state index in [-0.39, 0.29) is 12.3 Å². The highest BCUT2D eigenvalue weighted by Gasteiger charge is 2.11. The number of aromatic nitrogens is 2. The first kappa shape index (κ1) is 16.0. The molecule has 1 amide bonds. The molecule has 0 spiro atoms. The zero-order chi connectivity index (χ0) is 15.8. The van der Waals surface area contributed by atoms with Gasteiger partial charge in [0.15, 0.2) is 0 Å². The third-order valence-electron chi connectivity index (χ3n) is 3.52. The maximum Gasteiger partial charge on any atom is 0.303 e. The van der Waals surface area contributed by atoms with Gasteiger partial charge in [-0.2, -0.15) is 5.10 Å². The highest BCUT2D eigenvalue weighted by atomic mass is 16.4. The Morgan fingerprint density at radius 1 is 1.14 bits per heavy atom. The maximum atomic E-state index is 12.1. The molecule has 6 heteroatoms. The summed E-state index contributed by atoms with van der Waals surface area (Å²) >= 11 is 0. The zero-order valence-corrected chi connectivity index (χ0v) is 12.5. The lowest BCUT2D eigenvalue weighted by Crippen LogP contribution is -2.24. The lowest BCUT2D eigenvalue weighted by Gasteiger charge is -2.04. The van der Waals surface area contributed by atoms with Crippen molar-refractivity contribution >= 4 is 17.4 Å². The van der Waals surface area contributed by atoms with Gasteiger partial charge in [-0.1, -0.05) is 25.3 Å². The largest absolute Gasteiger partial charge is 0.481 e. The minimum Gasteiger partial charge on any atom is -0.481 e. The van der Waals surface area contributed by atoms with Gasteiger partial charge >= 0.3 is 5.97 Å². The van der Waals surface area contributed by atoms with E-state index in [1.54, 1.807) is 10.7 Å². The predicted octanol–water partition coefficient (Wildman–Crippen LogP) is 2.49. The molecular formula is C16H21N3O3. The minimum absolute atomic E-state index is 0.105. The van der Waals surface area contributed by atoms with Gasteiger partial charge in [-0.15, -0.1) is 0 Å². The van der Waals surface area contributed by atoms with Crippen LogP contribution >= 0.6 is 0 Å². The summed E-state index contributed by atoms with van der Waals surface area (Å²) < 4.78 is 1.68. The van der Waals surface area contributed by atoms with E-state index in [0.29, 0.717) is 12.1 Å². The topological polar surface area (TPSA) is 83.7 Å². The number of amides is 1. The SMILES string of the molecule is O=C(O)CCCCCCCNC(=O)c1cnn2ccccc12. The Morgan fingerprint density at radius 3 is 2.73 bits per heavy atom. The Hall–Kier alpha value is -2.37. The number of pyridine rings is 1. The molecule has 6 nitrogen and oxygen atoms in total. The monoisotopic (exact) mass is 303 g/mol. The van der Waals surface area contributed by atoms with Crippen LogP contribution in [0, 0.1) is 0 Å². The molecule has 2 rings (SSSR count). The Morgan fingerprint density at radius 2 is 1.91 bits per heavy atom. The molecule has 2 N–H and O–H groups in total. The van der Waals surface area contributed by atoms with Crippen LogP contribution in [-0.2, 0) is 4.79 Å². The predicted molar refractivity (Wildman–Crippen MR) is 82.9 cm³/mol. The van der Waals surface area contributed by atoms with Crippen LogP contribution in [0.3, 0.4) is 0 Å². The number of hydrogen-bond donors (Lipinski definition) is 2. The summed E-state index contributed by atoms with van der Waals surface area (Å²) in [5.41, 5.74) is 1.38. The fourth-order valence-electron chi connectivity index (χ4n) is 2.34. The van der Waals surface area contributed by atoms with Crippen LogP contribution in [0.4, 0.5) is 0 Å². The number of carboxylic acids is 1. The molecule has 0 fully saturated rings. The second kappa shape index (κ2) is 8.17. The first-order valence-electron chi connectivity index (χ1n) is 7.61. The molecule has 2 aromatic heterocycles. The van der Waals surface area contributed by atoms with Gasteiger partial charge in [0.2, 0.25) is 0 Å². The van der Waals surface area contributed by atoms with Crippen LogP contribution in [-0.4, -0.2) is 33.1 Å². The normalized spacial score (nSPS) is 10.7. The Balaban J connectivity index is 1.65. The van der Waals surface area contributed by atoms with Gasteiger partial charge in [-0.05, 0) is 25.0 Å². The van der Waals surface area contributed by atoms with Gasteiger partial charge in [-0.3, -0.25) is 9.59 Å². The second-order valence-electron chi connectivity index (χ2n) is 5.26. The van der Waals surface area contributed by atoms with Crippen molar-refractivity contribution in [2.24, 2.45) is 0 Å². The highest BCUT2D eigenvalue weighted by molar-refractivity contribution is 6.00. The van der Waals surface area contributed by atoms with E-state index in [0.717, 1.165) is 37.6 Å². The van der Waals surface area contributed by atoms with Crippen LogP contribution in [0.1, 0.15) is 48.9 Å². The molecule has 0 atom stereocenters. The molecule has 22 heavy (non-hydrogen) atoms. The van der Waals surface area contributed by atoms with E-state index in [1.165, 1.54) is 0 Å². The van der Waals surface area contributed by atoms with E-state index in [2.05, 4.69) is 10.4 Å². The van der Waals surface area contributed by atoms with E-state index < -0.39 is 5.97 Å². The van der Waals surface area contributed by atoms with Crippen LogP contribution in [0.2, 0.25) is 0 Å². The number of carboxylic acid groups (broad SMARTS) is 1. The van der Waals surface area contributed by atoms with Crippen molar-refractivity contribution in [2.45, 2.75) is 38.5 Å². The lowest BCUT2D eigenvalue weighted by molar-refractivity contribution is -0.137. The van der Waals surface area contributed by atoms with Crippen LogP contribution in [0.15, 0.2) is 30.6 Å². The van der Waals surface area contributed by atoms with Gasteiger partial charge in [0.25, 0.3) is 5.91 Å². The van der Waals surface area contributed by atoms with Crippen molar-refractivity contribution in [3.63, 3.8) is 0 Å². The van der Waals surface area contributed by atoms with E-state index >= 15 is 0 Å². The van der Waals surface area contributed by atoms with Crippen molar-refractivity contribution in [2.75, 3.05) is 6.54 Å². The number of fused-ring (bicyclic) bond motifs is 1. The summed E-state index contributed by atoms with van der Waals surface area (Å²) in [7, 11) is 0. The molecular weight excluding hydrogens is 282 g/mol. The first-order valence-corrected chi connectivity index (χ1v) is 7.61. The standard InChI is InChI=1S/C16H21N3O3/c20-15(21)9-4-2-1-3-6-10-17-16(22)13-12-18-19-11-7-5-8-14(13)19/h5,7-8,11-12H,1-4,6,9-10H2,(H,17,22)(H,20,21). The Kier molecular flexibility index (Phi) is 5.94. The lowest BCUT2D eigenvalue weighted by atomic mass is 10.1. The fraction of sp³-hybridized carbons (Fsp3) is 0.438. The van der Waals surface area contributed by atoms with Crippen LogP contribution in [0.25, 0.3) is 5.52 Å². The molecule has 0 aliphatic heterocycles. The van der Waals surface area contributed by atoms with Crippen molar-refractivity contribution in [1.29, 1.82) is 0 Å².